The van der Waals surface area contributed by atoms with Gasteiger partial charge in [-0.2, -0.15) is 11.3 Å². The van der Waals surface area contributed by atoms with Gasteiger partial charge in [-0.25, -0.2) is 4.79 Å². The number of benzene rings is 1. The number of amides is 2. The highest BCUT2D eigenvalue weighted by atomic mass is 32.1. The predicted molar refractivity (Wildman–Crippen MR) is 99.1 cm³/mol. The van der Waals surface area contributed by atoms with Crippen LogP contribution in [0.4, 0.5) is 10.5 Å². The van der Waals surface area contributed by atoms with Gasteiger partial charge in [0.25, 0.3) is 0 Å². The number of thiophene rings is 2. The van der Waals surface area contributed by atoms with Crippen LogP contribution in [0, 0.1) is 6.92 Å². The monoisotopic (exact) mass is 356 g/mol. The molecule has 0 aliphatic heterocycles. The molecule has 0 atom stereocenters. The van der Waals surface area contributed by atoms with E-state index in [1.54, 1.807) is 6.07 Å². The highest BCUT2D eigenvalue weighted by molar-refractivity contribution is 7.14. The SMILES string of the molecule is Cc1ccc(NC(=O)NCc2ccc(C(=O)c3ccsc3)s2)cc1. The molecule has 0 spiro atoms. The minimum atomic E-state index is -0.266. The van der Waals surface area contributed by atoms with Crippen LogP contribution in [0.15, 0.2) is 53.2 Å². The molecule has 0 saturated carbocycles. The molecule has 0 fully saturated rings. The molecule has 24 heavy (non-hydrogen) atoms. The number of hydrogen-bond donors (Lipinski definition) is 2. The number of anilines is 1. The Morgan fingerprint density at radius 3 is 2.54 bits per heavy atom. The molecule has 0 bridgehead atoms. The van der Waals surface area contributed by atoms with Gasteiger partial charge in [-0.15, -0.1) is 11.3 Å². The Labute approximate surface area is 148 Å². The summed E-state index contributed by atoms with van der Waals surface area (Å²) >= 11 is 2.91. The molecule has 4 nitrogen and oxygen atoms in total. The zero-order valence-electron chi connectivity index (χ0n) is 13.0. The molecule has 0 aliphatic carbocycles. The zero-order chi connectivity index (χ0) is 16.9. The summed E-state index contributed by atoms with van der Waals surface area (Å²) < 4.78 is 0. The topological polar surface area (TPSA) is 58.2 Å². The molecule has 3 aromatic rings. The highest BCUT2D eigenvalue weighted by Crippen LogP contribution is 2.21. The number of urea groups is 1. The summed E-state index contributed by atoms with van der Waals surface area (Å²) in [6, 6.07) is 12.8. The molecule has 0 saturated heterocycles. The van der Waals surface area contributed by atoms with Gasteiger partial charge in [0.1, 0.15) is 0 Å². The molecule has 0 radical (unpaired) electrons. The Hall–Kier alpha value is -2.44. The maximum absolute atomic E-state index is 12.2. The van der Waals surface area contributed by atoms with Crippen molar-refractivity contribution in [3.05, 3.63) is 74.1 Å². The van der Waals surface area contributed by atoms with E-state index in [1.807, 2.05) is 54.1 Å². The Morgan fingerprint density at radius 1 is 1.04 bits per heavy atom. The number of rotatable bonds is 5. The quantitative estimate of drug-likeness (QED) is 0.653. The Morgan fingerprint density at radius 2 is 1.83 bits per heavy atom. The maximum atomic E-state index is 12.2. The van der Waals surface area contributed by atoms with Crippen LogP contribution in [0.1, 0.15) is 25.7 Å². The summed E-state index contributed by atoms with van der Waals surface area (Å²) in [5.74, 6) is 0.0246. The molecule has 6 heteroatoms. The Bertz CT molecular complexity index is 836. The van der Waals surface area contributed by atoms with Gasteiger partial charge in [0.2, 0.25) is 5.78 Å². The summed E-state index contributed by atoms with van der Waals surface area (Å²) in [6.07, 6.45) is 0. The average molecular weight is 356 g/mol. The van der Waals surface area contributed by atoms with Gasteiger partial charge < -0.3 is 10.6 Å². The first-order valence-corrected chi connectivity index (χ1v) is 9.15. The molecule has 1 aromatic carbocycles. The van der Waals surface area contributed by atoms with Crippen LogP contribution in [0.25, 0.3) is 0 Å². The fourth-order valence-corrected chi connectivity index (χ4v) is 3.66. The van der Waals surface area contributed by atoms with Crippen LogP contribution in [-0.4, -0.2) is 11.8 Å². The molecule has 3 rings (SSSR count). The van der Waals surface area contributed by atoms with Crippen molar-refractivity contribution in [2.45, 2.75) is 13.5 Å². The molecule has 2 amide bonds. The number of ketones is 1. The Balaban J connectivity index is 1.54. The Kier molecular flexibility index (Phi) is 5.08. The van der Waals surface area contributed by atoms with Crippen molar-refractivity contribution >= 4 is 40.2 Å². The fraction of sp³-hybridized carbons (Fsp3) is 0.111. The van der Waals surface area contributed by atoms with Crippen molar-refractivity contribution in [3.8, 4) is 0 Å². The van der Waals surface area contributed by atoms with E-state index < -0.39 is 0 Å². The van der Waals surface area contributed by atoms with Crippen molar-refractivity contribution in [3.63, 3.8) is 0 Å². The van der Waals surface area contributed by atoms with Crippen molar-refractivity contribution in [1.29, 1.82) is 0 Å². The van der Waals surface area contributed by atoms with E-state index in [-0.39, 0.29) is 11.8 Å². The lowest BCUT2D eigenvalue weighted by molar-refractivity contribution is 0.104. The van der Waals surface area contributed by atoms with Gasteiger partial charge in [0.15, 0.2) is 0 Å². The van der Waals surface area contributed by atoms with E-state index in [9.17, 15) is 9.59 Å². The van der Waals surface area contributed by atoms with Gasteiger partial charge in [0, 0.05) is 21.5 Å². The van der Waals surface area contributed by atoms with Gasteiger partial charge >= 0.3 is 6.03 Å². The van der Waals surface area contributed by atoms with Crippen molar-refractivity contribution in [2.24, 2.45) is 0 Å². The lowest BCUT2D eigenvalue weighted by Gasteiger charge is -2.06. The summed E-state index contributed by atoms with van der Waals surface area (Å²) in [4.78, 5) is 25.8. The van der Waals surface area contributed by atoms with Crippen LogP contribution < -0.4 is 10.6 Å². The van der Waals surface area contributed by atoms with Crippen molar-refractivity contribution in [1.82, 2.24) is 5.32 Å². The smallest absolute Gasteiger partial charge is 0.319 e. The third-order valence-electron chi connectivity index (χ3n) is 3.40. The summed E-state index contributed by atoms with van der Waals surface area (Å²) in [7, 11) is 0. The molecule has 0 aliphatic rings. The standard InChI is InChI=1S/C18H16N2O2S2/c1-12-2-4-14(5-3-12)20-18(22)19-10-15-6-7-16(24-15)17(21)13-8-9-23-11-13/h2-9,11H,10H2,1H3,(H2,19,20,22). The number of hydrogen-bond acceptors (Lipinski definition) is 4. The second kappa shape index (κ2) is 7.42. The highest BCUT2D eigenvalue weighted by Gasteiger charge is 2.12. The number of carbonyl (C=O) groups excluding carboxylic acids is 2. The first-order valence-electron chi connectivity index (χ1n) is 7.39. The molecule has 2 heterocycles. The van der Waals surface area contributed by atoms with Crippen molar-refractivity contribution < 1.29 is 9.59 Å². The number of nitrogens with one attached hydrogen (secondary N) is 2. The van der Waals surface area contributed by atoms with E-state index in [0.29, 0.717) is 17.0 Å². The zero-order valence-corrected chi connectivity index (χ0v) is 14.7. The number of aryl methyl sites for hydroxylation is 1. The minimum Gasteiger partial charge on any atom is -0.333 e. The maximum Gasteiger partial charge on any atom is 0.319 e. The van der Waals surface area contributed by atoms with Crippen LogP contribution >= 0.6 is 22.7 Å². The second-order valence-corrected chi connectivity index (χ2v) is 7.23. The summed E-state index contributed by atoms with van der Waals surface area (Å²) in [5.41, 5.74) is 2.60. The molecule has 122 valence electrons. The van der Waals surface area contributed by atoms with E-state index >= 15 is 0 Å². The van der Waals surface area contributed by atoms with E-state index in [1.165, 1.54) is 22.7 Å². The van der Waals surface area contributed by atoms with Crippen molar-refractivity contribution in [2.75, 3.05) is 5.32 Å². The average Bonchev–Trinajstić information content (AvgIpc) is 3.26. The van der Waals surface area contributed by atoms with Crippen LogP contribution in [0.3, 0.4) is 0 Å². The van der Waals surface area contributed by atoms with E-state index in [0.717, 1.165) is 16.1 Å². The summed E-state index contributed by atoms with van der Waals surface area (Å²) in [5, 5.41) is 9.31. The molecular weight excluding hydrogens is 340 g/mol. The lowest BCUT2D eigenvalue weighted by Crippen LogP contribution is -2.27. The van der Waals surface area contributed by atoms with E-state index in [2.05, 4.69) is 10.6 Å². The minimum absolute atomic E-state index is 0.0246. The first kappa shape index (κ1) is 16.4. The number of carbonyl (C=O) groups is 2. The van der Waals surface area contributed by atoms with E-state index in [4.69, 9.17) is 0 Å². The van der Waals surface area contributed by atoms with Crippen LogP contribution in [0.2, 0.25) is 0 Å². The molecule has 2 aromatic heterocycles. The third kappa shape index (κ3) is 4.10. The second-order valence-electron chi connectivity index (χ2n) is 5.28. The first-order chi connectivity index (χ1) is 11.6. The van der Waals surface area contributed by atoms with Crippen LogP contribution in [-0.2, 0) is 6.54 Å². The van der Waals surface area contributed by atoms with Crippen LogP contribution in [0.5, 0.6) is 0 Å². The van der Waals surface area contributed by atoms with Gasteiger partial charge in [-0.3, -0.25) is 4.79 Å². The van der Waals surface area contributed by atoms with Gasteiger partial charge in [0.05, 0.1) is 11.4 Å². The molecular formula is C18H16N2O2S2. The molecule has 0 unspecified atom stereocenters. The third-order valence-corrected chi connectivity index (χ3v) is 5.17. The normalized spacial score (nSPS) is 10.4. The fourth-order valence-electron chi connectivity index (χ4n) is 2.11. The van der Waals surface area contributed by atoms with Gasteiger partial charge in [-0.05, 0) is 42.6 Å². The lowest BCUT2D eigenvalue weighted by atomic mass is 10.2. The largest absolute Gasteiger partial charge is 0.333 e. The van der Waals surface area contributed by atoms with Gasteiger partial charge in [-0.1, -0.05) is 17.7 Å². The predicted octanol–water partition coefficient (Wildman–Crippen LogP) is 4.67. The summed E-state index contributed by atoms with van der Waals surface area (Å²) in [6.45, 7) is 2.38. The molecule has 2 N–H and O–H groups in total.